The van der Waals surface area contributed by atoms with Crippen molar-refractivity contribution in [2.45, 2.75) is 180 Å². The van der Waals surface area contributed by atoms with Crippen LogP contribution >= 0.6 is 0 Å². The number of aliphatic hydroxyl groups is 1. The van der Waals surface area contributed by atoms with Crippen LogP contribution in [0.4, 0.5) is 0 Å². The predicted octanol–water partition coefficient (Wildman–Crippen LogP) is 7.47. The van der Waals surface area contributed by atoms with Crippen molar-refractivity contribution in [2.24, 2.45) is 35.3 Å². The Morgan fingerprint density at radius 3 is 2.37 bits per heavy atom. The summed E-state index contributed by atoms with van der Waals surface area (Å²) >= 11 is 0. The van der Waals surface area contributed by atoms with Crippen LogP contribution in [0.25, 0.3) is 0 Å². The molecular weight excluding hydrogens is 801 g/mol. The smallest absolute Gasteiger partial charge is 0.329 e. The average molecular weight is 879 g/mol. The number of nitrogens with two attached hydrogens (primary N) is 1. The van der Waals surface area contributed by atoms with Gasteiger partial charge in [-0.1, -0.05) is 75.8 Å². The van der Waals surface area contributed by atoms with Crippen molar-refractivity contribution in [3.05, 3.63) is 59.2 Å². The van der Waals surface area contributed by atoms with Gasteiger partial charge in [-0.25, -0.2) is 4.79 Å². The van der Waals surface area contributed by atoms with Gasteiger partial charge in [0.05, 0.1) is 18.3 Å². The van der Waals surface area contributed by atoms with Gasteiger partial charge in [0, 0.05) is 51.7 Å². The number of allylic oxidation sites excluding steroid dienone is 3. The lowest BCUT2D eigenvalue weighted by atomic mass is 9.81. The number of aryl methyl sites for hydroxylation is 1. The van der Waals surface area contributed by atoms with E-state index in [2.05, 4.69) is 31.2 Å². The maximum Gasteiger partial charge on any atom is 0.329 e. The number of methoxy groups -OCH3 is 2. The highest BCUT2D eigenvalue weighted by atomic mass is 16.7. The van der Waals surface area contributed by atoms with Crippen molar-refractivity contribution in [1.29, 1.82) is 0 Å². The number of esters is 1. The first-order valence-corrected chi connectivity index (χ1v) is 23.9. The molecule has 1 aliphatic carbocycles. The number of nitrogens with zero attached hydrogens (tertiary/aromatic N) is 1. The topological polar surface area (TPSA) is 164 Å². The van der Waals surface area contributed by atoms with E-state index in [0.29, 0.717) is 58.0 Å². The Hall–Kier alpha value is -3.26. The Labute approximate surface area is 377 Å². The number of fused-ring (bicyclic) bond motifs is 3. The predicted molar refractivity (Wildman–Crippen MR) is 242 cm³/mol. The third-order valence-electron chi connectivity index (χ3n) is 14.3. The van der Waals surface area contributed by atoms with Gasteiger partial charge in [0.2, 0.25) is 5.79 Å². The zero-order chi connectivity index (χ0) is 45.8. The molecule has 3 N–H and O–H groups in total. The highest BCUT2D eigenvalue weighted by molar-refractivity contribution is 6.39. The number of hydrogen-bond acceptors (Lipinski definition) is 11. The van der Waals surface area contributed by atoms with E-state index in [1.165, 1.54) is 10.5 Å². The Morgan fingerprint density at radius 2 is 1.67 bits per heavy atom. The van der Waals surface area contributed by atoms with Crippen LogP contribution < -0.4 is 5.73 Å². The third-order valence-corrected chi connectivity index (χ3v) is 14.3. The Morgan fingerprint density at radius 1 is 0.952 bits per heavy atom. The lowest BCUT2D eigenvalue weighted by Gasteiger charge is -2.47. The Bertz CT molecular complexity index is 1730. The van der Waals surface area contributed by atoms with Crippen LogP contribution in [-0.4, -0.2) is 109 Å². The molecule has 2 bridgehead atoms. The highest BCUT2D eigenvalue weighted by Crippen LogP contribution is 2.39. The van der Waals surface area contributed by atoms with Crippen LogP contribution in [0.2, 0.25) is 0 Å². The van der Waals surface area contributed by atoms with E-state index in [4.69, 9.17) is 29.4 Å². The minimum Gasteiger partial charge on any atom is -0.456 e. The van der Waals surface area contributed by atoms with Crippen LogP contribution in [0.1, 0.15) is 131 Å². The highest BCUT2D eigenvalue weighted by Gasteiger charge is 2.56. The molecule has 1 aromatic rings. The quantitative estimate of drug-likeness (QED) is 0.104. The second-order valence-corrected chi connectivity index (χ2v) is 19.4. The van der Waals surface area contributed by atoms with Gasteiger partial charge < -0.3 is 39.4 Å². The van der Waals surface area contributed by atoms with E-state index >= 15 is 0 Å². The zero-order valence-corrected chi connectivity index (χ0v) is 39.4. The summed E-state index contributed by atoms with van der Waals surface area (Å²) in [4.78, 5) is 58.3. The molecule has 1 aromatic carbocycles. The van der Waals surface area contributed by atoms with Gasteiger partial charge in [0.25, 0.3) is 11.7 Å². The molecule has 0 aromatic heterocycles. The van der Waals surface area contributed by atoms with Crippen molar-refractivity contribution >= 4 is 23.4 Å². The molecule has 3 fully saturated rings. The van der Waals surface area contributed by atoms with E-state index in [1.807, 2.05) is 45.9 Å². The van der Waals surface area contributed by atoms with Gasteiger partial charge in [-0.05, 0) is 126 Å². The molecule has 13 unspecified atom stereocenters. The summed E-state index contributed by atoms with van der Waals surface area (Å²) in [5.74, 6) is -6.06. The monoisotopic (exact) mass is 879 g/mol. The number of ketones is 2. The van der Waals surface area contributed by atoms with Crippen LogP contribution in [0.3, 0.4) is 0 Å². The van der Waals surface area contributed by atoms with Gasteiger partial charge in [-0.3, -0.25) is 14.4 Å². The summed E-state index contributed by atoms with van der Waals surface area (Å²) in [6.45, 7) is 12.6. The maximum absolute atomic E-state index is 14.5. The summed E-state index contributed by atoms with van der Waals surface area (Å²) in [6.07, 6.45) is 10.3. The standard InChI is InChI=1S/C51H78N2O10/c1-9-39-27-32(2)26-33(3)28-44(59-7)47-45(60-8)30-36(6)51(58,63-47)48(55)49(56)53-24-14-13-19-41(53)50(57)62-46(34(4)20-23-42(39)54)35(5)29-38-21-22-40(52)43(31-38)61-25-15-18-37-16-11-10-12-17-37/h10-12,16-17,27,29,33-34,36,38-41,43-47,58H,9,13-15,18-26,28,30-31,52H2,1-8H3/b32-27+,35-29?. The van der Waals surface area contributed by atoms with Gasteiger partial charge >= 0.3 is 5.97 Å². The van der Waals surface area contributed by atoms with Crippen molar-refractivity contribution in [1.82, 2.24) is 4.90 Å². The number of carbonyl (C=O) groups is 4. The number of cyclic esters (lactones) is 1. The first-order valence-electron chi connectivity index (χ1n) is 23.9. The lowest BCUT2D eigenvalue weighted by Crippen LogP contribution is -2.64. The second kappa shape index (κ2) is 23.8. The summed E-state index contributed by atoms with van der Waals surface area (Å²) < 4.78 is 31.0. The summed E-state index contributed by atoms with van der Waals surface area (Å²) in [7, 11) is 3.12. The number of benzene rings is 1. The minimum absolute atomic E-state index is 0.0673. The van der Waals surface area contributed by atoms with E-state index in [-0.39, 0.29) is 54.6 Å². The maximum atomic E-state index is 14.5. The Balaban J connectivity index is 1.42. The fraction of sp³-hybridized carbons (Fsp3) is 0.725. The first-order chi connectivity index (χ1) is 30.1. The van der Waals surface area contributed by atoms with Crippen LogP contribution in [0.15, 0.2) is 53.6 Å². The van der Waals surface area contributed by atoms with Crippen molar-refractivity contribution in [3.63, 3.8) is 0 Å². The van der Waals surface area contributed by atoms with Gasteiger partial charge in [-0.15, -0.1) is 0 Å². The molecule has 3 heterocycles. The van der Waals surface area contributed by atoms with E-state index in [9.17, 15) is 24.3 Å². The molecule has 1 amide bonds. The lowest BCUT2D eigenvalue weighted by molar-refractivity contribution is -0.302. The summed E-state index contributed by atoms with van der Waals surface area (Å²) in [6, 6.07) is 9.27. The molecule has 352 valence electrons. The number of carbonyl (C=O) groups excluding carboxylic acids is 4. The second-order valence-electron chi connectivity index (χ2n) is 19.4. The molecule has 12 heteroatoms. The fourth-order valence-electron chi connectivity index (χ4n) is 10.5. The number of hydrogen-bond donors (Lipinski definition) is 2. The average Bonchev–Trinajstić information content (AvgIpc) is 3.28. The number of ether oxygens (including phenoxy) is 5. The molecule has 1 saturated carbocycles. The molecule has 63 heavy (non-hydrogen) atoms. The first kappa shape index (κ1) is 50.7. The molecule has 0 radical (unpaired) electrons. The molecular formula is C51H78N2O10. The van der Waals surface area contributed by atoms with Crippen molar-refractivity contribution < 1.29 is 48.0 Å². The molecule has 2 saturated heterocycles. The van der Waals surface area contributed by atoms with E-state index < -0.39 is 59.8 Å². The third kappa shape index (κ3) is 13.2. The summed E-state index contributed by atoms with van der Waals surface area (Å²) in [5, 5.41) is 12.1. The molecule has 5 rings (SSSR count). The van der Waals surface area contributed by atoms with Gasteiger partial charge in [-0.2, -0.15) is 0 Å². The van der Waals surface area contributed by atoms with E-state index in [0.717, 1.165) is 43.3 Å². The molecule has 0 spiro atoms. The molecule has 4 aliphatic rings. The van der Waals surface area contributed by atoms with Gasteiger partial charge in [0.15, 0.2) is 0 Å². The normalized spacial score (nSPS) is 37.0. The number of Topliss-reactive ketones (excluding diaryl/α,β-unsaturated/α-hetero) is 2. The van der Waals surface area contributed by atoms with E-state index in [1.54, 1.807) is 21.1 Å². The van der Waals surface area contributed by atoms with Crippen molar-refractivity contribution in [2.75, 3.05) is 27.4 Å². The SMILES string of the molecule is CCC1/C=C(\C)CC(C)CC(OC)C2OC(O)(C(=O)C(=O)N3CCCCC3C(=O)OC(C(C)=CC3CCC(N)C(OCCCc4ccccc4)C3)C(C)CCC1=O)C(C)CC2OC. The fourth-order valence-corrected chi connectivity index (χ4v) is 10.5. The number of piperidine rings is 1. The molecule has 3 aliphatic heterocycles. The van der Waals surface area contributed by atoms with Crippen LogP contribution in [0.5, 0.6) is 0 Å². The number of rotatable bonds is 10. The van der Waals surface area contributed by atoms with Crippen LogP contribution in [-0.2, 0) is 49.3 Å². The zero-order valence-electron chi connectivity index (χ0n) is 39.4. The Kier molecular flexibility index (Phi) is 19.2. The molecule has 12 nitrogen and oxygen atoms in total. The summed E-state index contributed by atoms with van der Waals surface area (Å²) in [5.41, 5.74) is 9.83. The number of amides is 1. The van der Waals surface area contributed by atoms with Crippen molar-refractivity contribution in [3.8, 4) is 0 Å². The van der Waals surface area contributed by atoms with Crippen LogP contribution in [0, 0.1) is 29.6 Å². The largest absolute Gasteiger partial charge is 0.456 e. The van der Waals surface area contributed by atoms with Gasteiger partial charge in [0.1, 0.15) is 24.0 Å². The molecule has 13 atom stereocenters. The minimum atomic E-state index is -2.46.